The van der Waals surface area contributed by atoms with Crippen LogP contribution in [-0.4, -0.2) is 21.5 Å². The summed E-state index contributed by atoms with van der Waals surface area (Å²) in [5.41, 5.74) is 1.16. The Hall–Kier alpha value is -0.307. The molecule has 0 aliphatic carbocycles. The van der Waals surface area contributed by atoms with Gasteiger partial charge in [-0.1, -0.05) is 0 Å². The van der Waals surface area contributed by atoms with E-state index in [1.165, 1.54) is 0 Å². The third-order valence-corrected chi connectivity index (χ3v) is 1.67. The van der Waals surface area contributed by atoms with Gasteiger partial charge in [-0.2, -0.15) is 0 Å². The van der Waals surface area contributed by atoms with Crippen molar-refractivity contribution < 1.29 is 0 Å². The number of aromatic nitrogens is 1. The molecule has 0 saturated heterocycles. The van der Waals surface area contributed by atoms with E-state index in [9.17, 15) is 0 Å². The van der Waals surface area contributed by atoms with E-state index in [0.717, 1.165) is 10.9 Å². The summed E-state index contributed by atoms with van der Waals surface area (Å²) in [6, 6.07) is 5.96. The molecule has 1 rings (SSSR count). The van der Waals surface area contributed by atoms with Crippen molar-refractivity contribution in [3.05, 3.63) is 30.1 Å². The predicted molar refractivity (Wildman–Crippen MR) is 33.7 cm³/mol. The third-order valence-electron chi connectivity index (χ3n) is 0.907. The van der Waals surface area contributed by atoms with E-state index >= 15 is 0 Å². The zero-order valence-electron chi connectivity index (χ0n) is 4.46. The molecule has 0 fully saturated rings. The number of rotatable bonds is 1. The predicted octanol–water partition coefficient (Wildman–Crippen LogP) is 0.750. The van der Waals surface area contributed by atoms with Gasteiger partial charge in [0.25, 0.3) is 0 Å². The summed E-state index contributed by atoms with van der Waals surface area (Å²) in [6.45, 7) is 0. The fourth-order valence-corrected chi connectivity index (χ4v) is 0.941. The Labute approximate surface area is 57.4 Å². The van der Waals surface area contributed by atoms with Crippen LogP contribution in [0.3, 0.4) is 0 Å². The van der Waals surface area contributed by atoms with E-state index < -0.39 is 0 Å². The van der Waals surface area contributed by atoms with Crippen molar-refractivity contribution in [1.29, 1.82) is 0 Å². The van der Waals surface area contributed by atoms with Crippen molar-refractivity contribution in [2.24, 2.45) is 0 Å². The SMILES string of the molecule is [Ge][CH2]c1ccccn1. The van der Waals surface area contributed by atoms with Crippen molar-refractivity contribution in [1.82, 2.24) is 4.98 Å². The zero-order chi connectivity index (χ0) is 5.82. The molecule has 1 heterocycles. The van der Waals surface area contributed by atoms with Crippen LogP contribution in [-0.2, 0) is 5.25 Å². The van der Waals surface area contributed by atoms with Crippen molar-refractivity contribution >= 4 is 16.5 Å². The van der Waals surface area contributed by atoms with E-state index in [1.807, 2.05) is 24.4 Å². The summed E-state index contributed by atoms with van der Waals surface area (Å²) in [5, 5.41) is 1.03. The minimum atomic E-state index is 1.03. The topological polar surface area (TPSA) is 12.9 Å². The standard InChI is InChI=1S/C6H6GeN/c7-5-6-3-1-2-4-8-6/h1-4H,5H2. The third kappa shape index (κ3) is 1.33. The molecule has 1 nitrogen and oxygen atoms in total. The fourth-order valence-electron chi connectivity index (χ4n) is 0.503. The van der Waals surface area contributed by atoms with Gasteiger partial charge in [-0.15, -0.1) is 0 Å². The van der Waals surface area contributed by atoms with E-state index in [1.54, 1.807) is 0 Å². The van der Waals surface area contributed by atoms with Crippen molar-refractivity contribution in [2.45, 2.75) is 5.25 Å². The zero-order valence-corrected chi connectivity index (χ0v) is 6.56. The maximum absolute atomic E-state index is 4.10. The Kier molecular flexibility index (Phi) is 2.09. The molecule has 1 aromatic rings. The van der Waals surface area contributed by atoms with Crippen LogP contribution in [0.2, 0.25) is 0 Å². The van der Waals surface area contributed by atoms with E-state index in [2.05, 4.69) is 21.5 Å². The van der Waals surface area contributed by atoms with Crippen LogP contribution < -0.4 is 0 Å². The van der Waals surface area contributed by atoms with Crippen LogP contribution >= 0.6 is 0 Å². The van der Waals surface area contributed by atoms with Crippen molar-refractivity contribution in [2.75, 3.05) is 0 Å². The van der Waals surface area contributed by atoms with Crippen LogP contribution in [0, 0.1) is 0 Å². The first kappa shape index (κ1) is 5.82. The summed E-state index contributed by atoms with van der Waals surface area (Å²) in [5.74, 6) is 0. The molecular formula is C6H6GeN. The average Bonchev–Trinajstić information content (AvgIpc) is 1.90. The molecule has 8 heavy (non-hydrogen) atoms. The number of hydrogen-bond donors (Lipinski definition) is 0. The molecule has 0 aromatic carbocycles. The molecule has 0 spiro atoms. The monoisotopic (exact) mass is 166 g/mol. The molecule has 0 amide bonds. The van der Waals surface area contributed by atoms with Gasteiger partial charge in [0.15, 0.2) is 0 Å². The second kappa shape index (κ2) is 2.87. The molecule has 0 atom stereocenters. The molecular weight excluding hydrogens is 159 g/mol. The summed E-state index contributed by atoms with van der Waals surface area (Å²) in [7, 11) is 0. The van der Waals surface area contributed by atoms with Gasteiger partial charge in [0.1, 0.15) is 0 Å². The molecule has 2 heteroatoms. The summed E-state index contributed by atoms with van der Waals surface area (Å²) in [4.78, 5) is 4.10. The Morgan fingerprint density at radius 1 is 1.50 bits per heavy atom. The normalized spacial score (nSPS) is 9.12. The Balaban J connectivity index is 2.83. The van der Waals surface area contributed by atoms with Gasteiger partial charge in [-0.3, -0.25) is 0 Å². The Bertz CT molecular complexity index is 150. The second-order valence-corrected chi connectivity index (χ2v) is 2.24. The molecule has 0 aliphatic heterocycles. The van der Waals surface area contributed by atoms with Gasteiger partial charge >= 0.3 is 56.8 Å². The van der Waals surface area contributed by atoms with Gasteiger partial charge in [-0.25, -0.2) is 0 Å². The molecule has 1 aromatic heterocycles. The van der Waals surface area contributed by atoms with E-state index in [4.69, 9.17) is 0 Å². The Morgan fingerprint density at radius 2 is 2.38 bits per heavy atom. The van der Waals surface area contributed by atoms with Gasteiger partial charge in [0.05, 0.1) is 0 Å². The number of pyridine rings is 1. The average molecular weight is 165 g/mol. The van der Waals surface area contributed by atoms with Crippen molar-refractivity contribution in [3.63, 3.8) is 0 Å². The molecule has 39 valence electrons. The summed E-state index contributed by atoms with van der Waals surface area (Å²) >= 11 is 2.10. The number of hydrogen-bond acceptors (Lipinski definition) is 1. The van der Waals surface area contributed by atoms with Crippen LogP contribution in [0.15, 0.2) is 24.4 Å². The van der Waals surface area contributed by atoms with Crippen LogP contribution in [0.25, 0.3) is 0 Å². The molecule has 0 unspecified atom stereocenters. The molecule has 0 bridgehead atoms. The fraction of sp³-hybridized carbons (Fsp3) is 0.167. The maximum atomic E-state index is 4.10. The molecule has 0 aliphatic rings. The molecule has 0 N–H and O–H groups in total. The van der Waals surface area contributed by atoms with Crippen molar-refractivity contribution in [3.8, 4) is 0 Å². The second-order valence-electron chi connectivity index (χ2n) is 1.50. The molecule has 3 radical (unpaired) electrons. The van der Waals surface area contributed by atoms with E-state index in [-0.39, 0.29) is 0 Å². The van der Waals surface area contributed by atoms with Gasteiger partial charge in [0, 0.05) is 0 Å². The number of nitrogens with zero attached hydrogens (tertiary/aromatic N) is 1. The van der Waals surface area contributed by atoms with E-state index in [0.29, 0.717) is 0 Å². The van der Waals surface area contributed by atoms with Gasteiger partial charge < -0.3 is 0 Å². The first-order valence-corrected chi connectivity index (χ1v) is 3.96. The van der Waals surface area contributed by atoms with Crippen LogP contribution in [0.5, 0.6) is 0 Å². The Morgan fingerprint density at radius 3 is 2.75 bits per heavy atom. The van der Waals surface area contributed by atoms with Crippen LogP contribution in [0.4, 0.5) is 0 Å². The quantitative estimate of drug-likeness (QED) is 0.559. The minimum absolute atomic E-state index is 1.03. The van der Waals surface area contributed by atoms with Gasteiger partial charge in [0.2, 0.25) is 0 Å². The van der Waals surface area contributed by atoms with Crippen LogP contribution in [0.1, 0.15) is 5.69 Å². The first-order chi connectivity index (χ1) is 3.93. The summed E-state index contributed by atoms with van der Waals surface area (Å²) in [6.07, 6.45) is 1.82. The summed E-state index contributed by atoms with van der Waals surface area (Å²) < 4.78 is 0. The first-order valence-electron chi connectivity index (χ1n) is 2.48. The molecule has 0 saturated carbocycles. The van der Waals surface area contributed by atoms with Gasteiger partial charge in [-0.05, 0) is 0 Å².